The molecule has 2 N–H and O–H groups in total. The van der Waals surface area contributed by atoms with Crippen molar-refractivity contribution in [2.45, 2.75) is 26.3 Å². The van der Waals surface area contributed by atoms with Crippen molar-refractivity contribution in [3.63, 3.8) is 0 Å². The van der Waals surface area contributed by atoms with Crippen molar-refractivity contribution < 1.29 is 14.1 Å². The molecule has 1 aliphatic rings. The van der Waals surface area contributed by atoms with Crippen LogP contribution in [0.25, 0.3) is 11.3 Å². The molecule has 8 nitrogen and oxygen atoms in total. The largest absolute Gasteiger partial charge is 0.459 e. The van der Waals surface area contributed by atoms with Crippen LogP contribution >= 0.6 is 28.1 Å². The smallest absolute Gasteiger partial charge is 0.293 e. The number of rotatable bonds is 6. The van der Waals surface area contributed by atoms with Crippen LogP contribution in [-0.4, -0.2) is 29.0 Å². The predicted molar refractivity (Wildman–Crippen MR) is 142 cm³/mol. The average Bonchev–Trinajstić information content (AvgIpc) is 3.32. The zero-order valence-electron chi connectivity index (χ0n) is 19.1. The zero-order chi connectivity index (χ0) is 24.9. The summed E-state index contributed by atoms with van der Waals surface area (Å²) in [6.07, 6.45) is 1.97. The van der Waals surface area contributed by atoms with Gasteiger partial charge in [0, 0.05) is 34.8 Å². The van der Waals surface area contributed by atoms with Gasteiger partial charge in [0.15, 0.2) is 5.11 Å². The van der Waals surface area contributed by atoms with Gasteiger partial charge in [-0.3, -0.25) is 20.2 Å². The third kappa shape index (κ3) is 6.26. The molecule has 1 amide bonds. The van der Waals surface area contributed by atoms with Gasteiger partial charge in [0.2, 0.25) is 0 Å². The fourth-order valence-corrected chi connectivity index (χ4v) is 4.39. The van der Waals surface area contributed by atoms with E-state index < -0.39 is 10.8 Å². The molecular formula is C25H25BrN4O4S. The SMILES string of the molecule is CC1CCN(c2ccc(C(=O)NC(=S)NCc3ccc(-c4ccc(Br)cc4)o3)cc2[N+](=O)[O-])CC1. The summed E-state index contributed by atoms with van der Waals surface area (Å²) in [5, 5.41) is 17.3. The summed E-state index contributed by atoms with van der Waals surface area (Å²) in [6, 6.07) is 16.0. The molecule has 182 valence electrons. The van der Waals surface area contributed by atoms with Crippen molar-refractivity contribution in [3.05, 3.63) is 80.5 Å². The molecule has 1 aliphatic heterocycles. The summed E-state index contributed by atoms with van der Waals surface area (Å²) in [5.41, 5.74) is 1.57. The lowest BCUT2D eigenvalue weighted by molar-refractivity contribution is -0.384. The summed E-state index contributed by atoms with van der Waals surface area (Å²) in [4.78, 5) is 26.0. The van der Waals surface area contributed by atoms with E-state index in [0.29, 0.717) is 17.4 Å². The van der Waals surface area contributed by atoms with Gasteiger partial charge in [0.05, 0.1) is 11.5 Å². The van der Waals surface area contributed by atoms with Crippen LogP contribution in [0.5, 0.6) is 0 Å². The lowest BCUT2D eigenvalue weighted by Crippen LogP contribution is -2.38. The van der Waals surface area contributed by atoms with E-state index in [0.717, 1.165) is 41.7 Å². The van der Waals surface area contributed by atoms with Crippen molar-refractivity contribution in [1.82, 2.24) is 10.6 Å². The third-order valence-electron chi connectivity index (χ3n) is 6.00. The maximum absolute atomic E-state index is 12.7. The summed E-state index contributed by atoms with van der Waals surface area (Å²) >= 11 is 8.65. The van der Waals surface area contributed by atoms with Crippen LogP contribution in [0.3, 0.4) is 0 Å². The molecule has 0 spiro atoms. The fraction of sp³-hybridized carbons (Fsp3) is 0.280. The molecule has 4 rings (SSSR count). The maximum atomic E-state index is 12.7. The molecule has 3 aromatic rings. The summed E-state index contributed by atoms with van der Waals surface area (Å²) in [5.74, 6) is 1.46. The van der Waals surface area contributed by atoms with E-state index in [2.05, 4.69) is 33.5 Å². The minimum Gasteiger partial charge on any atom is -0.459 e. The molecule has 1 fully saturated rings. The number of nitrogens with one attached hydrogen (secondary N) is 2. The number of carbonyl (C=O) groups excluding carboxylic acids is 1. The standard InChI is InChI=1S/C25H25BrN4O4S/c1-16-10-12-29(13-11-16)21-8-4-18(14-22(21)30(32)33)24(31)28-25(35)27-15-20-7-9-23(34-20)17-2-5-19(26)6-3-17/h2-9,14,16H,10-13,15H2,1H3,(H2,27,28,31,35). The summed E-state index contributed by atoms with van der Waals surface area (Å²) in [6.45, 7) is 3.99. The molecule has 0 aliphatic carbocycles. The molecule has 0 bridgehead atoms. The topological polar surface area (TPSA) is 101 Å². The Morgan fingerprint density at radius 1 is 1.17 bits per heavy atom. The number of hydrogen-bond donors (Lipinski definition) is 2. The Kier molecular flexibility index (Phi) is 7.82. The number of nitro benzene ring substituents is 1. The van der Waals surface area contributed by atoms with Crippen LogP contribution in [0.15, 0.2) is 63.5 Å². The molecule has 0 unspecified atom stereocenters. The van der Waals surface area contributed by atoms with Gasteiger partial charge in [-0.1, -0.05) is 35.0 Å². The van der Waals surface area contributed by atoms with E-state index in [1.165, 1.54) is 6.07 Å². The molecule has 2 aromatic carbocycles. The molecule has 1 aromatic heterocycles. The Morgan fingerprint density at radius 3 is 2.57 bits per heavy atom. The highest BCUT2D eigenvalue weighted by atomic mass is 79.9. The minimum absolute atomic E-state index is 0.0814. The van der Waals surface area contributed by atoms with Gasteiger partial charge in [-0.25, -0.2) is 0 Å². The second kappa shape index (κ2) is 11.0. The Bertz CT molecular complexity index is 1240. The van der Waals surface area contributed by atoms with E-state index in [1.807, 2.05) is 41.3 Å². The van der Waals surface area contributed by atoms with E-state index >= 15 is 0 Å². The van der Waals surface area contributed by atoms with E-state index in [4.69, 9.17) is 16.6 Å². The monoisotopic (exact) mass is 556 g/mol. The zero-order valence-corrected chi connectivity index (χ0v) is 21.5. The number of amides is 1. The van der Waals surface area contributed by atoms with Crippen molar-refractivity contribution in [1.29, 1.82) is 0 Å². The molecule has 0 atom stereocenters. The van der Waals surface area contributed by atoms with Crippen LogP contribution in [-0.2, 0) is 6.54 Å². The Balaban J connectivity index is 1.36. The number of anilines is 1. The molecule has 35 heavy (non-hydrogen) atoms. The normalized spacial score (nSPS) is 13.9. The van der Waals surface area contributed by atoms with Crippen molar-refractivity contribution in [2.24, 2.45) is 5.92 Å². The van der Waals surface area contributed by atoms with Crippen LogP contribution < -0.4 is 15.5 Å². The van der Waals surface area contributed by atoms with Gasteiger partial charge in [-0.15, -0.1) is 0 Å². The van der Waals surface area contributed by atoms with Gasteiger partial charge in [-0.05, 0) is 67.4 Å². The predicted octanol–water partition coefficient (Wildman–Crippen LogP) is 5.66. The minimum atomic E-state index is -0.514. The average molecular weight is 557 g/mol. The van der Waals surface area contributed by atoms with Crippen LogP contribution in [0.2, 0.25) is 0 Å². The van der Waals surface area contributed by atoms with Crippen molar-refractivity contribution in [3.8, 4) is 11.3 Å². The van der Waals surface area contributed by atoms with Gasteiger partial charge < -0.3 is 14.6 Å². The fourth-order valence-electron chi connectivity index (χ4n) is 3.96. The highest BCUT2D eigenvalue weighted by Crippen LogP contribution is 2.32. The first-order valence-corrected chi connectivity index (χ1v) is 12.5. The number of piperidine rings is 1. The van der Waals surface area contributed by atoms with Crippen LogP contribution in [0, 0.1) is 16.0 Å². The van der Waals surface area contributed by atoms with Crippen molar-refractivity contribution in [2.75, 3.05) is 18.0 Å². The molecule has 0 radical (unpaired) electrons. The van der Waals surface area contributed by atoms with Crippen LogP contribution in [0.1, 0.15) is 35.9 Å². The molecular weight excluding hydrogens is 532 g/mol. The second-order valence-corrected chi connectivity index (χ2v) is 9.86. The Labute approximate surface area is 217 Å². The van der Waals surface area contributed by atoms with Gasteiger partial charge in [0.25, 0.3) is 11.6 Å². The quantitative estimate of drug-likeness (QED) is 0.229. The number of furan rings is 1. The number of halogens is 1. The summed E-state index contributed by atoms with van der Waals surface area (Å²) < 4.78 is 6.82. The molecule has 0 saturated carbocycles. The molecule has 1 saturated heterocycles. The Hall–Kier alpha value is -3.24. The maximum Gasteiger partial charge on any atom is 0.293 e. The van der Waals surface area contributed by atoms with Gasteiger partial charge >= 0.3 is 0 Å². The number of nitrogens with zero attached hydrogens (tertiary/aromatic N) is 2. The van der Waals surface area contributed by atoms with Gasteiger partial charge in [-0.2, -0.15) is 0 Å². The van der Waals surface area contributed by atoms with E-state index in [9.17, 15) is 14.9 Å². The van der Waals surface area contributed by atoms with E-state index in [-0.39, 0.29) is 22.9 Å². The molecule has 10 heteroatoms. The summed E-state index contributed by atoms with van der Waals surface area (Å²) in [7, 11) is 0. The number of benzene rings is 2. The number of carbonyl (C=O) groups is 1. The number of thiocarbonyl (C=S) groups is 1. The lowest BCUT2D eigenvalue weighted by atomic mass is 9.98. The van der Waals surface area contributed by atoms with Crippen LogP contribution in [0.4, 0.5) is 11.4 Å². The molecule has 2 heterocycles. The first-order valence-electron chi connectivity index (χ1n) is 11.3. The number of nitro groups is 1. The highest BCUT2D eigenvalue weighted by Gasteiger charge is 2.25. The first kappa shape index (κ1) is 24.9. The lowest BCUT2D eigenvalue weighted by Gasteiger charge is -2.31. The van der Waals surface area contributed by atoms with Crippen molar-refractivity contribution >= 4 is 50.5 Å². The second-order valence-electron chi connectivity index (χ2n) is 8.54. The number of hydrogen-bond acceptors (Lipinski definition) is 6. The first-order chi connectivity index (χ1) is 16.8. The highest BCUT2D eigenvalue weighted by molar-refractivity contribution is 9.10. The Morgan fingerprint density at radius 2 is 1.89 bits per heavy atom. The van der Waals surface area contributed by atoms with Gasteiger partial charge in [0.1, 0.15) is 17.2 Å². The third-order valence-corrected chi connectivity index (χ3v) is 6.77. The van der Waals surface area contributed by atoms with E-state index in [1.54, 1.807) is 12.1 Å².